The van der Waals surface area contributed by atoms with E-state index in [0.29, 0.717) is 42.7 Å². The van der Waals surface area contributed by atoms with Crippen molar-refractivity contribution in [1.29, 1.82) is 0 Å². The Kier molecular flexibility index (Phi) is 8.48. The number of halogens is 6. The summed E-state index contributed by atoms with van der Waals surface area (Å²) in [4.78, 5) is 18.5. The van der Waals surface area contributed by atoms with Crippen molar-refractivity contribution in [3.63, 3.8) is 0 Å². The van der Waals surface area contributed by atoms with E-state index >= 15 is 0 Å². The molecule has 2 aliphatic rings. The number of nitrogens with zero attached hydrogens (tertiary/aromatic N) is 2. The van der Waals surface area contributed by atoms with Crippen LogP contribution in [0.15, 0.2) is 34.2 Å². The fourth-order valence-corrected chi connectivity index (χ4v) is 4.64. The Bertz CT molecular complexity index is 1100. The van der Waals surface area contributed by atoms with Crippen LogP contribution in [-0.4, -0.2) is 46.3 Å². The van der Waals surface area contributed by atoms with Crippen LogP contribution in [0, 0.1) is 17.8 Å². The number of carbonyl (C=O) groups is 1. The number of carbonyl (C=O) groups excluding carboxylic acids is 1. The number of likely N-dealkylation sites (tertiary alicyclic amines) is 1. The van der Waals surface area contributed by atoms with E-state index in [9.17, 15) is 36.2 Å². The van der Waals surface area contributed by atoms with Gasteiger partial charge in [0.25, 0.3) is 5.24 Å². The van der Waals surface area contributed by atoms with Crippen molar-refractivity contribution in [2.24, 2.45) is 10.9 Å². The van der Waals surface area contributed by atoms with Gasteiger partial charge in [-0.2, -0.15) is 26.3 Å². The Morgan fingerprint density at radius 1 is 1.17 bits per heavy atom. The quantitative estimate of drug-likeness (QED) is 0.399. The van der Waals surface area contributed by atoms with Crippen molar-refractivity contribution in [2.45, 2.75) is 51.2 Å². The van der Waals surface area contributed by atoms with Crippen molar-refractivity contribution in [3.8, 4) is 11.8 Å². The summed E-state index contributed by atoms with van der Waals surface area (Å²) in [6.07, 6.45) is -6.64. The number of hydrogen-bond acceptors (Lipinski definition) is 5. The molecule has 1 aromatic carbocycles. The summed E-state index contributed by atoms with van der Waals surface area (Å²) >= 11 is 0.994. The molecule has 0 unspecified atom stereocenters. The maximum absolute atomic E-state index is 13.4. The lowest BCUT2D eigenvalue weighted by Gasteiger charge is -2.31. The third-order valence-electron chi connectivity index (χ3n) is 5.52. The zero-order valence-corrected chi connectivity index (χ0v) is 20.4. The molecule has 0 saturated carbocycles. The molecular weight excluding hydrogens is 508 g/mol. The maximum Gasteiger partial charge on any atom is 0.416 e. The van der Waals surface area contributed by atoms with Gasteiger partial charge in [0.05, 0.1) is 16.0 Å². The Balaban J connectivity index is 1.65. The Hall–Kier alpha value is -2.49. The van der Waals surface area contributed by atoms with Crippen LogP contribution >= 0.6 is 11.8 Å². The fourth-order valence-electron chi connectivity index (χ4n) is 3.82. The van der Waals surface area contributed by atoms with E-state index in [1.54, 1.807) is 18.7 Å². The minimum atomic E-state index is -4.90. The molecule has 36 heavy (non-hydrogen) atoms. The van der Waals surface area contributed by atoms with E-state index < -0.39 is 29.1 Å². The first-order chi connectivity index (χ1) is 16.6. The van der Waals surface area contributed by atoms with Gasteiger partial charge in [-0.05, 0) is 75.2 Å². The van der Waals surface area contributed by atoms with E-state index in [1.807, 2.05) is 6.08 Å². The number of alkyl halides is 6. The smallest absolute Gasteiger partial charge is 0.378 e. The van der Waals surface area contributed by atoms with Gasteiger partial charge in [0, 0.05) is 6.54 Å². The molecule has 0 bridgehead atoms. The fraction of sp³-hybridized carbons (Fsp3) is 0.500. The summed E-state index contributed by atoms with van der Waals surface area (Å²) in [5, 5.41) is 12.0. The van der Waals surface area contributed by atoms with Gasteiger partial charge in [-0.3, -0.25) is 14.7 Å². The molecule has 5 nitrogen and oxygen atoms in total. The highest BCUT2D eigenvalue weighted by molar-refractivity contribution is 8.18. The molecular formula is C24H25F6N3O2S. The van der Waals surface area contributed by atoms with Crippen LogP contribution in [0.4, 0.5) is 31.1 Å². The Morgan fingerprint density at radius 2 is 1.83 bits per heavy atom. The lowest BCUT2D eigenvalue weighted by Crippen LogP contribution is -2.33. The first-order valence-electron chi connectivity index (χ1n) is 11.1. The zero-order valence-electron chi connectivity index (χ0n) is 19.6. The number of thioether (sulfide) groups is 1. The van der Waals surface area contributed by atoms with Crippen molar-refractivity contribution >= 4 is 22.8 Å². The summed E-state index contributed by atoms with van der Waals surface area (Å²) in [6.45, 7) is 3.95. The number of allylic oxidation sites excluding steroid dienone is 1. The molecule has 0 atom stereocenters. The minimum Gasteiger partial charge on any atom is -0.378 e. The third kappa shape index (κ3) is 8.01. The van der Waals surface area contributed by atoms with Crippen LogP contribution in [0.1, 0.15) is 43.4 Å². The van der Waals surface area contributed by atoms with Gasteiger partial charge in [0.2, 0.25) is 0 Å². The van der Waals surface area contributed by atoms with E-state index in [1.165, 1.54) is 0 Å². The Labute approximate surface area is 209 Å². The molecule has 2 fully saturated rings. The number of benzene rings is 1. The molecule has 0 radical (unpaired) electrons. The first kappa shape index (κ1) is 28.1. The summed E-state index contributed by atoms with van der Waals surface area (Å²) < 4.78 is 79.0. The van der Waals surface area contributed by atoms with Crippen molar-refractivity contribution in [2.75, 3.05) is 19.6 Å². The number of rotatable bonds is 4. The van der Waals surface area contributed by atoms with Gasteiger partial charge in [0.1, 0.15) is 18.0 Å². The zero-order chi connectivity index (χ0) is 26.7. The van der Waals surface area contributed by atoms with Gasteiger partial charge in [-0.25, -0.2) is 0 Å². The van der Waals surface area contributed by atoms with Crippen molar-refractivity contribution in [1.82, 2.24) is 10.2 Å². The van der Waals surface area contributed by atoms with Crippen LogP contribution in [0.2, 0.25) is 0 Å². The molecule has 2 N–H and O–H groups in total. The Morgan fingerprint density at radius 3 is 2.42 bits per heavy atom. The van der Waals surface area contributed by atoms with Gasteiger partial charge in [-0.15, -0.1) is 0 Å². The molecule has 196 valence electrons. The molecule has 0 spiro atoms. The highest BCUT2D eigenvalue weighted by atomic mass is 32.2. The van der Waals surface area contributed by atoms with E-state index in [0.717, 1.165) is 17.8 Å². The molecule has 2 aliphatic heterocycles. The summed E-state index contributed by atoms with van der Waals surface area (Å²) in [5.41, 5.74) is -3.96. The standard InChI is InChI=1S/C24H25F6N3O2S/c1-22(2,35)8-3-9-31-20-19(36-21(34)32-20)12-15-6-10-33(11-7-15)14-16-4-5-17(23(25,26)27)13-18(16)24(28,29)30/h4-5,12-13,15,35H,6-7,9-11,14H2,1-2H3,(H,31,32,34). The van der Waals surface area contributed by atoms with Crippen molar-refractivity contribution in [3.05, 3.63) is 45.9 Å². The second-order valence-corrected chi connectivity index (χ2v) is 10.1. The van der Waals surface area contributed by atoms with Crippen LogP contribution in [-0.2, 0) is 18.9 Å². The molecule has 3 rings (SSSR count). The average Bonchev–Trinajstić information content (AvgIpc) is 3.09. The monoisotopic (exact) mass is 533 g/mol. The SMILES string of the molecule is CC(C)(O)C#CCN=C1NC(=O)SC1=CC1CCN(Cc2ccc(C(F)(F)F)cc2C(F)(F)F)CC1. The second-order valence-electron chi connectivity index (χ2n) is 9.05. The molecule has 1 amide bonds. The number of aliphatic hydroxyl groups is 1. The van der Waals surface area contributed by atoms with Crippen LogP contribution in [0.5, 0.6) is 0 Å². The maximum atomic E-state index is 13.4. The number of amides is 1. The molecule has 1 aromatic rings. The highest BCUT2D eigenvalue weighted by Gasteiger charge is 2.38. The number of amidine groups is 1. The van der Waals surface area contributed by atoms with Gasteiger partial charge in [-0.1, -0.05) is 24.0 Å². The van der Waals surface area contributed by atoms with Crippen LogP contribution in [0.3, 0.4) is 0 Å². The summed E-state index contributed by atoms with van der Waals surface area (Å²) in [6, 6.07) is 1.74. The molecule has 12 heteroatoms. The summed E-state index contributed by atoms with van der Waals surface area (Å²) in [7, 11) is 0. The lowest BCUT2D eigenvalue weighted by molar-refractivity contribution is -0.143. The van der Waals surface area contributed by atoms with Gasteiger partial charge < -0.3 is 10.4 Å². The normalized spacial score (nSPS) is 20.5. The molecule has 0 aromatic heterocycles. The highest BCUT2D eigenvalue weighted by Crippen LogP contribution is 2.38. The molecule has 2 heterocycles. The van der Waals surface area contributed by atoms with Crippen molar-refractivity contribution < 1.29 is 36.2 Å². The average molecular weight is 534 g/mol. The number of piperidine rings is 1. The first-order valence-corrected chi connectivity index (χ1v) is 11.9. The van der Waals surface area contributed by atoms with E-state index in [-0.39, 0.29) is 35.9 Å². The second kappa shape index (κ2) is 10.9. The van der Waals surface area contributed by atoms with Gasteiger partial charge >= 0.3 is 12.4 Å². The molecule has 2 saturated heterocycles. The number of nitrogens with one attached hydrogen (secondary N) is 1. The van der Waals surface area contributed by atoms with Crippen LogP contribution < -0.4 is 5.32 Å². The minimum absolute atomic E-state index is 0.0544. The molecule has 0 aliphatic carbocycles. The van der Waals surface area contributed by atoms with E-state index in [2.05, 4.69) is 22.2 Å². The predicted octanol–water partition coefficient (Wildman–Crippen LogP) is 5.45. The number of hydrogen-bond donors (Lipinski definition) is 2. The third-order valence-corrected chi connectivity index (χ3v) is 6.36. The van der Waals surface area contributed by atoms with Gasteiger partial charge in [0.15, 0.2) is 0 Å². The van der Waals surface area contributed by atoms with E-state index in [4.69, 9.17) is 0 Å². The van der Waals surface area contributed by atoms with Crippen LogP contribution in [0.25, 0.3) is 0 Å². The lowest BCUT2D eigenvalue weighted by atomic mass is 9.95. The number of aliphatic imine (C=N–C) groups is 1. The topological polar surface area (TPSA) is 64.9 Å². The summed E-state index contributed by atoms with van der Waals surface area (Å²) in [5.74, 6) is 5.79. The predicted molar refractivity (Wildman–Crippen MR) is 125 cm³/mol. The largest absolute Gasteiger partial charge is 0.416 e.